The number of nitrogens with one attached hydrogen (secondary N) is 1. The topological polar surface area (TPSA) is 48.3 Å². The van der Waals surface area contributed by atoms with E-state index in [9.17, 15) is 0 Å². The summed E-state index contributed by atoms with van der Waals surface area (Å²) in [5, 5.41) is 7.90. The van der Waals surface area contributed by atoms with E-state index < -0.39 is 0 Å². The molecule has 0 bridgehead atoms. The van der Waals surface area contributed by atoms with Gasteiger partial charge in [0.1, 0.15) is 6.61 Å². The number of rotatable bonds is 10. The molecule has 0 aliphatic carbocycles. The summed E-state index contributed by atoms with van der Waals surface area (Å²) in [6.45, 7) is 8.56. The zero-order valence-electron chi connectivity index (χ0n) is 16.5. The van der Waals surface area contributed by atoms with E-state index in [1.807, 2.05) is 54.2 Å². The Morgan fingerprint density at radius 3 is 2.57 bits per heavy atom. The molecule has 0 unspecified atom stereocenters. The van der Waals surface area contributed by atoms with Crippen LogP contribution in [-0.4, -0.2) is 23.5 Å². The van der Waals surface area contributed by atoms with Crippen molar-refractivity contribution in [2.24, 2.45) is 0 Å². The summed E-state index contributed by atoms with van der Waals surface area (Å²) in [5.74, 6) is 1.47. The Bertz CT molecular complexity index is 903. The van der Waals surface area contributed by atoms with E-state index in [0.29, 0.717) is 6.61 Å². The van der Waals surface area contributed by atoms with E-state index in [-0.39, 0.29) is 0 Å². The van der Waals surface area contributed by atoms with Crippen molar-refractivity contribution in [3.05, 3.63) is 89.8 Å². The van der Waals surface area contributed by atoms with Gasteiger partial charge in [-0.25, -0.2) is 0 Å². The Hall–Kier alpha value is -3.05. The summed E-state index contributed by atoms with van der Waals surface area (Å²) in [6, 6.07) is 16.3. The maximum Gasteiger partial charge on any atom is 0.161 e. The third-order valence-corrected chi connectivity index (χ3v) is 4.23. The molecule has 5 nitrogen and oxygen atoms in total. The largest absolute Gasteiger partial charge is 0.493 e. The average Bonchev–Trinajstić information content (AvgIpc) is 3.14. The number of methoxy groups -OCH3 is 1. The van der Waals surface area contributed by atoms with Crippen LogP contribution in [0.2, 0.25) is 0 Å². The molecular formula is C23H27N3O2. The van der Waals surface area contributed by atoms with Crippen LogP contribution in [-0.2, 0) is 19.6 Å². The molecular weight excluding hydrogens is 350 g/mol. The van der Waals surface area contributed by atoms with Crippen molar-refractivity contribution in [3.8, 4) is 11.5 Å². The van der Waals surface area contributed by atoms with Gasteiger partial charge in [0.25, 0.3) is 0 Å². The van der Waals surface area contributed by atoms with Crippen molar-refractivity contribution >= 4 is 0 Å². The minimum absolute atomic E-state index is 0.480. The molecule has 5 heteroatoms. The molecule has 2 aromatic carbocycles. The SMILES string of the molecule is C=C(C)COc1cc(CNCc2cnn(Cc3ccccc3)c2)ccc1OC. The first-order valence-electron chi connectivity index (χ1n) is 9.34. The maximum absolute atomic E-state index is 5.79. The molecule has 1 heterocycles. The quantitative estimate of drug-likeness (QED) is 0.539. The Balaban J connectivity index is 1.53. The van der Waals surface area contributed by atoms with Gasteiger partial charge in [-0.15, -0.1) is 0 Å². The molecule has 0 saturated heterocycles. The first kappa shape index (κ1) is 19.7. The second kappa shape index (κ2) is 9.76. The van der Waals surface area contributed by atoms with E-state index in [2.05, 4.69) is 35.3 Å². The number of aromatic nitrogens is 2. The van der Waals surface area contributed by atoms with Crippen LogP contribution in [0.15, 0.2) is 73.1 Å². The van der Waals surface area contributed by atoms with Crippen molar-refractivity contribution in [1.29, 1.82) is 0 Å². The molecule has 0 spiro atoms. The number of benzene rings is 2. The predicted octanol–water partition coefficient (Wildman–Crippen LogP) is 4.18. The minimum atomic E-state index is 0.480. The number of nitrogens with zero attached hydrogens (tertiary/aromatic N) is 2. The molecule has 1 aromatic heterocycles. The summed E-state index contributed by atoms with van der Waals surface area (Å²) in [6.07, 6.45) is 3.99. The van der Waals surface area contributed by atoms with Gasteiger partial charge in [-0.1, -0.05) is 43.0 Å². The van der Waals surface area contributed by atoms with Crippen LogP contribution in [0.5, 0.6) is 11.5 Å². The van der Waals surface area contributed by atoms with Crippen molar-refractivity contribution in [2.45, 2.75) is 26.6 Å². The Morgan fingerprint density at radius 1 is 1.04 bits per heavy atom. The van der Waals surface area contributed by atoms with Crippen LogP contribution in [0.1, 0.15) is 23.6 Å². The highest BCUT2D eigenvalue weighted by molar-refractivity contribution is 5.43. The van der Waals surface area contributed by atoms with Gasteiger partial charge in [0.05, 0.1) is 19.9 Å². The van der Waals surface area contributed by atoms with Crippen LogP contribution >= 0.6 is 0 Å². The van der Waals surface area contributed by atoms with E-state index in [1.54, 1.807) is 7.11 Å². The number of ether oxygens (including phenoxy) is 2. The second-order valence-corrected chi connectivity index (χ2v) is 6.87. The summed E-state index contributed by atoms with van der Waals surface area (Å²) >= 11 is 0. The van der Waals surface area contributed by atoms with Gasteiger partial charge in [-0.05, 0) is 35.8 Å². The van der Waals surface area contributed by atoms with Gasteiger partial charge < -0.3 is 14.8 Å². The van der Waals surface area contributed by atoms with Gasteiger partial charge >= 0.3 is 0 Å². The second-order valence-electron chi connectivity index (χ2n) is 6.87. The molecule has 0 aliphatic heterocycles. The van der Waals surface area contributed by atoms with E-state index >= 15 is 0 Å². The molecule has 0 radical (unpaired) electrons. The number of hydrogen-bond donors (Lipinski definition) is 1. The standard InChI is InChI=1S/C23H27N3O2/c1-18(2)17-28-23-11-20(9-10-22(23)27-3)12-24-13-21-14-25-26(16-21)15-19-7-5-4-6-8-19/h4-11,14,16,24H,1,12-13,15,17H2,2-3H3. The normalized spacial score (nSPS) is 10.6. The molecule has 3 rings (SSSR count). The molecule has 0 fully saturated rings. The third kappa shape index (κ3) is 5.72. The zero-order chi connectivity index (χ0) is 19.8. The van der Waals surface area contributed by atoms with Gasteiger partial charge in [-0.3, -0.25) is 4.68 Å². The first-order chi connectivity index (χ1) is 13.6. The van der Waals surface area contributed by atoms with Crippen LogP contribution < -0.4 is 14.8 Å². The minimum Gasteiger partial charge on any atom is -0.493 e. The third-order valence-electron chi connectivity index (χ3n) is 4.23. The zero-order valence-corrected chi connectivity index (χ0v) is 16.5. The van der Waals surface area contributed by atoms with Crippen molar-refractivity contribution in [3.63, 3.8) is 0 Å². The highest BCUT2D eigenvalue weighted by Gasteiger charge is 2.06. The summed E-state index contributed by atoms with van der Waals surface area (Å²) < 4.78 is 13.1. The van der Waals surface area contributed by atoms with Gasteiger partial charge in [0, 0.05) is 24.8 Å². The molecule has 146 valence electrons. The maximum atomic E-state index is 5.79. The van der Waals surface area contributed by atoms with Crippen LogP contribution in [0.4, 0.5) is 0 Å². The van der Waals surface area contributed by atoms with Gasteiger partial charge in [0.15, 0.2) is 11.5 Å². The van der Waals surface area contributed by atoms with E-state index in [0.717, 1.165) is 47.8 Å². The molecule has 0 atom stereocenters. The Morgan fingerprint density at radius 2 is 1.82 bits per heavy atom. The lowest BCUT2D eigenvalue weighted by Crippen LogP contribution is -2.12. The van der Waals surface area contributed by atoms with Gasteiger partial charge in [-0.2, -0.15) is 5.10 Å². The molecule has 0 amide bonds. The predicted molar refractivity (Wildman–Crippen MR) is 112 cm³/mol. The lowest BCUT2D eigenvalue weighted by atomic mass is 10.2. The fraction of sp³-hybridized carbons (Fsp3) is 0.261. The average molecular weight is 377 g/mol. The van der Waals surface area contributed by atoms with Crippen LogP contribution in [0.25, 0.3) is 0 Å². The summed E-state index contributed by atoms with van der Waals surface area (Å²) in [4.78, 5) is 0. The number of hydrogen-bond acceptors (Lipinski definition) is 4. The molecule has 3 aromatic rings. The molecule has 0 aliphatic rings. The smallest absolute Gasteiger partial charge is 0.161 e. The van der Waals surface area contributed by atoms with Crippen molar-refractivity contribution in [1.82, 2.24) is 15.1 Å². The lowest BCUT2D eigenvalue weighted by Gasteiger charge is -2.12. The van der Waals surface area contributed by atoms with Crippen molar-refractivity contribution < 1.29 is 9.47 Å². The van der Waals surface area contributed by atoms with E-state index in [1.165, 1.54) is 5.56 Å². The highest BCUT2D eigenvalue weighted by Crippen LogP contribution is 2.28. The first-order valence-corrected chi connectivity index (χ1v) is 9.34. The lowest BCUT2D eigenvalue weighted by molar-refractivity contribution is 0.319. The van der Waals surface area contributed by atoms with Gasteiger partial charge in [0.2, 0.25) is 0 Å². The Labute approximate surface area is 166 Å². The molecule has 1 N–H and O–H groups in total. The molecule has 0 saturated carbocycles. The van der Waals surface area contributed by atoms with Crippen LogP contribution in [0, 0.1) is 0 Å². The Kier molecular flexibility index (Phi) is 6.87. The fourth-order valence-electron chi connectivity index (χ4n) is 2.85. The molecule has 28 heavy (non-hydrogen) atoms. The van der Waals surface area contributed by atoms with E-state index in [4.69, 9.17) is 9.47 Å². The summed E-state index contributed by atoms with van der Waals surface area (Å²) in [5.41, 5.74) is 4.50. The van der Waals surface area contributed by atoms with Crippen molar-refractivity contribution in [2.75, 3.05) is 13.7 Å². The van der Waals surface area contributed by atoms with Crippen LogP contribution in [0.3, 0.4) is 0 Å². The monoisotopic (exact) mass is 377 g/mol. The fourth-order valence-corrected chi connectivity index (χ4v) is 2.85. The highest BCUT2D eigenvalue weighted by atomic mass is 16.5. The summed E-state index contributed by atoms with van der Waals surface area (Å²) in [7, 11) is 1.65.